The van der Waals surface area contributed by atoms with Gasteiger partial charge in [0.1, 0.15) is 11.0 Å². The molecule has 1 atom stereocenters. The van der Waals surface area contributed by atoms with Gasteiger partial charge in [0.05, 0.1) is 22.4 Å². The number of nitrogens with one attached hydrogen (secondary N) is 1. The largest absolute Gasteiger partial charge is 0.382 e. The first kappa shape index (κ1) is 12.6. The zero-order chi connectivity index (χ0) is 12.3. The van der Waals surface area contributed by atoms with Crippen molar-refractivity contribution in [1.29, 1.82) is 0 Å². The van der Waals surface area contributed by atoms with E-state index in [1.165, 1.54) is 24.6 Å². The first-order valence-corrected chi connectivity index (χ1v) is 6.97. The van der Waals surface area contributed by atoms with Crippen LogP contribution in [-0.2, 0) is 0 Å². The number of nitrogens with zero attached hydrogens (tertiary/aromatic N) is 2. The summed E-state index contributed by atoms with van der Waals surface area (Å²) in [6.07, 6.45) is 2.43. The van der Waals surface area contributed by atoms with E-state index >= 15 is 0 Å². The first-order chi connectivity index (χ1) is 8.22. The third kappa shape index (κ3) is 2.87. The molecule has 0 radical (unpaired) electrons. The van der Waals surface area contributed by atoms with E-state index in [4.69, 9.17) is 11.6 Å². The average molecular weight is 270 g/mol. The van der Waals surface area contributed by atoms with Gasteiger partial charge in [-0.2, -0.15) is 8.75 Å². The topological polar surface area (TPSA) is 37.8 Å². The Morgan fingerprint density at radius 2 is 2.24 bits per heavy atom. The summed E-state index contributed by atoms with van der Waals surface area (Å²) >= 11 is 7.42. The zero-order valence-corrected chi connectivity index (χ0v) is 11.6. The van der Waals surface area contributed by atoms with E-state index in [2.05, 4.69) is 27.9 Å². The van der Waals surface area contributed by atoms with Crippen molar-refractivity contribution in [3.63, 3.8) is 0 Å². The Balaban J connectivity index is 2.17. The molecule has 2 aromatic rings. The highest BCUT2D eigenvalue weighted by molar-refractivity contribution is 7.00. The molecule has 1 unspecified atom stereocenters. The van der Waals surface area contributed by atoms with Crippen molar-refractivity contribution in [2.75, 3.05) is 11.9 Å². The Bertz CT molecular complexity index is 497. The minimum Gasteiger partial charge on any atom is -0.382 e. The van der Waals surface area contributed by atoms with Crippen LogP contribution in [0, 0.1) is 5.92 Å². The fourth-order valence-electron chi connectivity index (χ4n) is 1.87. The molecule has 2 rings (SSSR count). The number of rotatable bonds is 5. The molecule has 0 spiro atoms. The standard InChI is InChI=1S/C12H16ClN3S/c1-3-4-8(2)7-14-11-9(13)5-6-10-12(11)16-17-15-10/h5-6,8,14H,3-4,7H2,1-2H3. The summed E-state index contributed by atoms with van der Waals surface area (Å²) < 4.78 is 8.50. The Kier molecular flexibility index (Phi) is 4.18. The van der Waals surface area contributed by atoms with Crippen LogP contribution in [0.25, 0.3) is 11.0 Å². The van der Waals surface area contributed by atoms with Gasteiger partial charge in [0, 0.05) is 6.54 Å². The number of benzene rings is 1. The van der Waals surface area contributed by atoms with Gasteiger partial charge in [-0.1, -0.05) is 31.9 Å². The molecule has 0 aliphatic carbocycles. The molecule has 0 aliphatic heterocycles. The highest BCUT2D eigenvalue weighted by Gasteiger charge is 2.10. The molecular weight excluding hydrogens is 254 g/mol. The van der Waals surface area contributed by atoms with Crippen molar-refractivity contribution >= 4 is 40.0 Å². The molecule has 1 heterocycles. The SMILES string of the molecule is CCCC(C)CNc1c(Cl)ccc2nsnc12. The van der Waals surface area contributed by atoms with Crippen LogP contribution in [0.15, 0.2) is 12.1 Å². The Hall–Kier alpha value is -0.870. The minimum atomic E-state index is 0.637. The highest BCUT2D eigenvalue weighted by Crippen LogP contribution is 2.30. The van der Waals surface area contributed by atoms with Gasteiger partial charge in [0.15, 0.2) is 0 Å². The van der Waals surface area contributed by atoms with Gasteiger partial charge in [-0.15, -0.1) is 0 Å². The van der Waals surface area contributed by atoms with Crippen LogP contribution < -0.4 is 5.32 Å². The van der Waals surface area contributed by atoms with Crippen LogP contribution in [0.5, 0.6) is 0 Å². The molecule has 5 heteroatoms. The molecule has 0 amide bonds. The van der Waals surface area contributed by atoms with Crippen molar-refractivity contribution in [2.24, 2.45) is 5.92 Å². The maximum atomic E-state index is 6.20. The highest BCUT2D eigenvalue weighted by atomic mass is 35.5. The number of aromatic nitrogens is 2. The van der Waals surface area contributed by atoms with Gasteiger partial charge < -0.3 is 5.32 Å². The Morgan fingerprint density at radius 3 is 3.00 bits per heavy atom. The zero-order valence-electron chi connectivity index (χ0n) is 10.0. The van der Waals surface area contributed by atoms with Crippen molar-refractivity contribution in [3.8, 4) is 0 Å². The van der Waals surface area contributed by atoms with Crippen molar-refractivity contribution < 1.29 is 0 Å². The predicted molar refractivity (Wildman–Crippen MR) is 75.0 cm³/mol. The summed E-state index contributed by atoms with van der Waals surface area (Å²) in [6, 6.07) is 3.78. The van der Waals surface area contributed by atoms with E-state index in [1.807, 2.05) is 12.1 Å². The van der Waals surface area contributed by atoms with Gasteiger partial charge in [0.2, 0.25) is 0 Å². The molecule has 0 saturated heterocycles. The van der Waals surface area contributed by atoms with Gasteiger partial charge in [-0.25, -0.2) is 0 Å². The lowest BCUT2D eigenvalue weighted by Crippen LogP contribution is -2.11. The summed E-state index contributed by atoms with van der Waals surface area (Å²) in [5.41, 5.74) is 2.71. The Morgan fingerprint density at radius 1 is 1.41 bits per heavy atom. The molecule has 0 aliphatic rings. The lowest BCUT2D eigenvalue weighted by molar-refractivity contribution is 0.551. The van der Waals surface area contributed by atoms with Crippen molar-refractivity contribution in [1.82, 2.24) is 8.75 Å². The lowest BCUT2D eigenvalue weighted by atomic mass is 10.1. The van der Waals surface area contributed by atoms with Gasteiger partial charge >= 0.3 is 0 Å². The molecule has 0 bridgehead atoms. The van der Waals surface area contributed by atoms with E-state index in [0.717, 1.165) is 23.3 Å². The molecule has 3 nitrogen and oxygen atoms in total. The molecule has 17 heavy (non-hydrogen) atoms. The third-order valence-corrected chi connectivity index (χ3v) is 3.64. The number of fused-ring (bicyclic) bond motifs is 1. The van der Waals surface area contributed by atoms with E-state index in [-0.39, 0.29) is 0 Å². The normalized spacial score (nSPS) is 12.9. The second-order valence-electron chi connectivity index (χ2n) is 4.33. The predicted octanol–water partition coefficient (Wildman–Crippen LogP) is 4.19. The molecule has 1 N–H and O–H groups in total. The van der Waals surface area contributed by atoms with Crippen LogP contribution in [0.4, 0.5) is 5.69 Å². The molecular formula is C12H16ClN3S. The third-order valence-electron chi connectivity index (χ3n) is 2.79. The quantitative estimate of drug-likeness (QED) is 0.884. The monoisotopic (exact) mass is 269 g/mol. The summed E-state index contributed by atoms with van der Waals surface area (Å²) in [4.78, 5) is 0. The number of halogens is 1. The smallest absolute Gasteiger partial charge is 0.129 e. The molecule has 1 aromatic heterocycles. The number of hydrogen-bond donors (Lipinski definition) is 1. The number of hydrogen-bond acceptors (Lipinski definition) is 4. The second-order valence-corrected chi connectivity index (χ2v) is 5.26. The van der Waals surface area contributed by atoms with E-state index < -0.39 is 0 Å². The fourth-order valence-corrected chi connectivity index (χ4v) is 2.63. The average Bonchev–Trinajstić information content (AvgIpc) is 2.76. The van der Waals surface area contributed by atoms with Crippen LogP contribution >= 0.6 is 23.3 Å². The summed E-state index contributed by atoms with van der Waals surface area (Å²) in [7, 11) is 0. The molecule has 0 fully saturated rings. The first-order valence-electron chi connectivity index (χ1n) is 5.87. The van der Waals surface area contributed by atoms with Crippen LogP contribution in [0.1, 0.15) is 26.7 Å². The summed E-state index contributed by atoms with van der Waals surface area (Å²) in [5, 5.41) is 4.12. The van der Waals surface area contributed by atoms with Crippen LogP contribution in [0.2, 0.25) is 5.02 Å². The van der Waals surface area contributed by atoms with Crippen LogP contribution in [-0.4, -0.2) is 15.3 Å². The number of anilines is 1. The summed E-state index contributed by atoms with van der Waals surface area (Å²) in [6.45, 7) is 5.36. The van der Waals surface area contributed by atoms with Crippen LogP contribution in [0.3, 0.4) is 0 Å². The molecule has 0 saturated carbocycles. The lowest BCUT2D eigenvalue weighted by Gasteiger charge is -2.13. The molecule has 1 aromatic carbocycles. The Labute approximate surface area is 111 Å². The maximum Gasteiger partial charge on any atom is 0.129 e. The fraction of sp³-hybridized carbons (Fsp3) is 0.500. The van der Waals surface area contributed by atoms with Gasteiger partial charge in [-0.3, -0.25) is 0 Å². The van der Waals surface area contributed by atoms with Gasteiger partial charge in [-0.05, 0) is 24.5 Å². The molecule has 92 valence electrons. The van der Waals surface area contributed by atoms with Crippen molar-refractivity contribution in [3.05, 3.63) is 17.2 Å². The van der Waals surface area contributed by atoms with E-state index in [9.17, 15) is 0 Å². The van der Waals surface area contributed by atoms with E-state index in [1.54, 1.807) is 0 Å². The van der Waals surface area contributed by atoms with E-state index in [0.29, 0.717) is 10.9 Å². The van der Waals surface area contributed by atoms with Gasteiger partial charge in [0.25, 0.3) is 0 Å². The van der Waals surface area contributed by atoms with Crippen molar-refractivity contribution in [2.45, 2.75) is 26.7 Å². The summed E-state index contributed by atoms with van der Waals surface area (Å²) in [5.74, 6) is 0.637. The minimum absolute atomic E-state index is 0.637. The maximum absolute atomic E-state index is 6.20. The second kappa shape index (κ2) is 5.65.